The largest absolute Gasteiger partial charge is 0.460 e. The smallest absolute Gasteiger partial charge is 0.306 e. The quantitative estimate of drug-likeness (QED) is 0.533. The minimum Gasteiger partial charge on any atom is -0.460 e. The van der Waals surface area contributed by atoms with Gasteiger partial charge in [0.1, 0.15) is 5.60 Å². The van der Waals surface area contributed by atoms with E-state index < -0.39 is 5.60 Å². The topological polar surface area (TPSA) is 43.4 Å². The van der Waals surface area contributed by atoms with E-state index in [0.29, 0.717) is 4.88 Å². The van der Waals surface area contributed by atoms with Crippen molar-refractivity contribution in [2.75, 3.05) is 0 Å². The van der Waals surface area contributed by atoms with Crippen molar-refractivity contribution in [1.29, 1.82) is 0 Å². The molecule has 0 bridgehead atoms. The molecule has 0 fully saturated rings. The van der Waals surface area contributed by atoms with Crippen molar-refractivity contribution in [2.24, 2.45) is 0 Å². The molecule has 3 nitrogen and oxygen atoms in total. The average molecular weight is 383 g/mol. The molecule has 118 valence electrons. The zero-order chi connectivity index (χ0) is 16.5. The Bertz CT molecular complexity index is 686. The van der Waals surface area contributed by atoms with Gasteiger partial charge in [0.25, 0.3) is 0 Å². The third kappa shape index (κ3) is 4.40. The van der Waals surface area contributed by atoms with Crippen molar-refractivity contribution < 1.29 is 14.3 Å². The Kier molecular flexibility index (Phi) is 5.07. The summed E-state index contributed by atoms with van der Waals surface area (Å²) in [5.74, 6) is -0.346. The molecule has 0 saturated carbocycles. The number of Topliss-reactive ketones (excluding diaryl/α,β-unsaturated/α-hetero) is 1. The van der Waals surface area contributed by atoms with Crippen molar-refractivity contribution in [1.82, 2.24) is 0 Å². The lowest BCUT2D eigenvalue weighted by atomic mass is 10.1. The van der Waals surface area contributed by atoms with Crippen LogP contribution in [0.1, 0.15) is 48.8 Å². The number of hydrogen-bond acceptors (Lipinski definition) is 4. The summed E-state index contributed by atoms with van der Waals surface area (Å²) in [6.45, 7) is 7.47. The van der Waals surface area contributed by atoms with Gasteiger partial charge < -0.3 is 4.74 Å². The third-order valence-corrected chi connectivity index (χ3v) is 5.04. The van der Waals surface area contributed by atoms with E-state index >= 15 is 0 Å². The summed E-state index contributed by atoms with van der Waals surface area (Å²) in [6, 6.07) is 5.98. The molecule has 0 radical (unpaired) electrons. The first-order valence-corrected chi connectivity index (χ1v) is 8.71. The molecule has 1 aromatic heterocycles. The predicted octanol–water partition coefficient (Wildman–Crippen LogP) is 5.28. The first-order chi connectivity index (χ1) is 10.2. The van der Waals surface area contributed by atoms with E-state index in [1.807, 2.05) is 39.8 Å². The number of fused-ring (bicyclic) bond motifs is 1. The average Bonchev–Trinajstić information content (AvgIpc) is 2.77. The van der Waals surface area contributed by atoms with Gasteiger partial charge >= 0.3 is 5.97 Å². The summed E-state index contributed by atoms with van der Waals surface area (Å²) in [7, 11) is 0. The lowest BCUT2D eigenvalue weighted by Gasteiger charge is -2.19. The Hall–Kier alpha value is -1.20. The highest BCUT2D eigenvalue weighted by atomic mass is 79.9. The van der Waals surface area contributed by atoms with Gasteiger partial charge in [0.2, 0.25) is 0 Å². The van der Waals surface area contributed by atoms with E-state index in [4.69, 9.17) is 4.74 Å². The van der Waals surface area contributed by atoms with Crippen molar-refractivity contribution in [2.45, 2.75) is 46.1 Å². The molecular formula is C17H19BrO3S. The minimum absolute atomic E-state index is 0.0131. The van der Waals surface area contributed by atoms with Crippen molar-refractivity contribution >= 4 is 49.1 Å². The number of ketones is 1. The number of ether oxygens (including phenoxy) is 1. The molecular weight excluding hydrogens is 364 g/mol. The van der Waals surface area contributed by atoms with Gasteiger partial charge in [0.05, 0.1) is 11.3 Å². The second-order valence-corrected chi connectivity index (χ2v) is 8.20. The standard InChI is InChI=1S/C17H19BrO3S/c1-10-7-11-8-15(22-14(11)9-12(10)18)13(19)5-6-16(20)21-17(2,3)4/h7-9H,5-6H2,1-4H3. The molecule has 0 amide bonds. The van der Waals surface area contributed by atoms with E-state index in [0.717, 1.165) is 20.1 Å². The Morgan fingerprint density at radius 3 is 2.50 bits per heavy atom. The Balaban J connectivity index is 2.05. The maximum atomic E-state index is 12.2. The highest BCUT2D eigenvalue weighted by Gasteiger charge is 2.18. The summed E-state index contributed by atoms with van der Waals surface area (Å²) < 4.78 is 7.32. The Morgan fingerprint density at radius 2 is 1.86 bits per heavy atom. The number of carbonyl (C=O) groups excluding carboxylic acids is 2. The number of rotatable bonds is 4. The number of halogens is 1. The van der Waals surface area contributed by atoms with Gasteiger partial charge in [0.15, 0.2) is 5.78 Å². The summed E-state index contributed by atoms with van der Waals surface area (Å²) in [5, 5.41) is 1.06. The van der Waals surface area contributed by atoms with Crippen molar-refractivity contribution in [3.8, 4) is 0 Å². The molecule has 0 unspecified atom stereocenters. The van der Waals surface area contributed by atoms with Crippen LogP contribution in [-0.4, -0.2) is 17.4 Å². The van der Waals surface area contributed by atoms with Crippen LogP contribution in [0.15, 0.2) is 22.7 Å². The molecule has 5 heteroatoms. The Labute approximate surface area is 142 Å². The fraction of sp³-hybridized carbons (Fsp3) is 0.412. The fourth-order valence-corrected chi connectivity index (χ4v) is 3.59. The lowest BCUT2D eigenvalue weighted by Crippen LogP contribution is -2.24. The SMILES string of the molecule is Cc1cc2cc(C(=O)CCC(=O)OC(C)(C)C)sc2cc1Br. The van der Waals surface area contributed by atoms with Crippen LogP contribution >= 0.6 is 27.3 Å². The summed E-state index contributed by atoms with van der Waals surface area (Å²) in [5.41, 5.74) is 0.625. The van der Waals surface area contributed by atoms with Crippen molar-refractivity contribution in [3.05, 3.63) is 33.1 Å². The van der Waals surface area contributed by atoms with E-state index in [1.165, 1.54) is 11.3 Å². The lowest BCUT2D eigenvalue weighted by molar-refractivity contribution is -0.154. The molecule has 0 N–H and O–H groups in total. The zero-order valence-corrected chi connectivity index (χ0v) is 15.6. The van der Waals surface area contributed by atoms with Crippen LogP contribution in [0.2, 0.25) is 0 Å². The second kappa shape index (κ2) is 6.50. The predicted molar refractivity (Wildman–Crippen MR) is 93.7 cm³/mol. The fourth-order valence-electron chi connectivity index (χ4n) is 2.04. The summed E-state index contributed by atoms with van der Waals surface area (Å²) in [4.78, 5) is 24.6. The van der Waals surface area contributed by atoms with Gasteiger partial charge in [-0.3, -0.25) is 9.59 Å². The highest BCUT2D eigenvalue weighted by Crippen LogP contribution is 2.31. The molecule has 2 aromatic rings. The van der Waals surface area contributed by atoms with Crippen LogP contribution in [-0.2, 0) is 9.53 Å². The molecule has 0 aliphatic heterocycles. The number of thiophene rings is 1. The van der Waals surface area contributed by atoms with Crippen LogP contribution in [0.5, 0.6) is 0 Å². The first-order valence-electron chi connectivity index (χ1n) is 7.10. The second-order valence-electron chi connectivity index (χ2n) is 6.26. The van der Waals surface area contributed by atoms with Crippen LogP contribution in [0.3, 0.4) is 0 Å². The summed E-state index contributed by atoms with van der Waals surface area (Å²) in [6.07, 6.45) is 0.301. The van der Waals surface area contributed by atoms with Crippen LogP contribution in [0.4, 0.5) is 0 Å². The van der Waals surface area contributed by atoms with E-state index in [-0.39, 0.29) is 24.6 Å². The van der Waals surface area contributed by atoms with Crippen LogP contribution in [0, 0.1) is 6.92 Å². The van der Waals surface area contributed by atoms with Crippen LogP contribution < -0.4 is 0 Å². The monoisotopic (exact) mass is 382 g/mol. The van der Waals surface area contributed by atoms with Gasteiger partial charge in [-0.2, -0.15) is 0 Å². The zero-order valence-electron chi connectivity index (χ0n) is 13.2. The normalized spacial score (nSPS) is 11.7. The number of benzene rings is 1. The molecule has 0 saturated heterocycles. The number of aryl methyl sites for hydroxylation is 1. The first kappa shape index (κ1) is 17.2. The third-order valence-electron chi connectivity index (χ3n) is 3.05. The molecule has 22 heavy (non-hydrogen) atoms. The highest BCUT2D eigenvalue weighted by molar-refractivity contribution is 9.10. The minimum atomic E-state index is -0.512. The molecule has 0 atom stereocenters. The van der Waals surface area contributed by atoms with Gasteiger partial charge in [-0.05, 0) is 56.8 Å². The molecule has 0 aliphatic rings. The Morgan fingerprint density at radius 1 is 1.18 bits per heavy atom. The molecule has 2 rings (SSSR count). The number of hydrogen-bond donors (Lipinski definition) is 0. The van der Waals surface area contributed by atoms with Gasteiger partial charge in [-0.1, -0.05) is 15.9 Å². The molecule has 1 heterocycles. The molecule has 0 aliphatic carbocycles. The molecule has 0 spiro atoms. The van der Waals surface area contributed by atoms with E-state index in [9.17, 15) is 9.59 Å². The maximum Gasteiger partial charge on any atom is 0.306 e. The van der Waals surface area contributed by atoms with E-state index in [2.05, 4.69) is 22.0 Å². The molecule has 1 aromatic carbocycles. The van der Waals surface area contributed by atoms with Crippen LogP contribution in [0.25, 0.3) is 10.1 Å². The number of esters is 1. The van der Waals surface area contributed by atoms with Gasteiger partial charge in [-0.25, -0.2) is 0 Å². The van der Waals surface area contributed by atoms with Gasteiger partial charge in [-0.15, -0.1) is 11.3 Å². The van der Waals surface area contributed by atoms with E-state index in [1.54, 1.807) is 0 Å². The summed E-state index contributed by atoms with van der Waals surface area (Å²) >= 11 is 4.96. The van der Waals surface area contributed by atoms with Gasteiger partial charge in [0, 0.05) is 15.6 Å². The maximum absolute atomic E-state index is 12.2. The number of carbonyl (C=O) groups is 2. The van der Waals surface area contributed by atoms with Crippen molar-refractivity contribution in [3.63, 3.8) is 0 Å².